The van der Waals surface area contributed by atoms with Crippen molar-refractivity contribution in [3.8, 4) is 11.3 Å². The zero-order valence-electron chi connectivity index (χ0n) is 17.3. The summed E-state index contributed by atoms with van der Waals surface area (Å²) in [5.41, 5.74) is 4.04. The van der Waals surface area contributed by atoms with E-state index in [-0.39, 0.29) is 12.4 Å². The molecule has 0 amide bonds. The Bertz CT molecular complexity index is 1010. The van der Waals surface area contributed by atoms with Gasteiger partial charge in [-0.3, -0.25) is 0 Å². The fourth-order valence-corrected chi connectivity index (χ4v) is 4.68. The van der Waals surface area contributed by atoms with Crippen LogP contribution in [-0.2, 0) is 16.0 Å². The summed E-state index contributed by atoms with van der Waals surface area (Å²) in [7, 11) is 0. The minimum atomic E-state index is -0.166. The zero-order chi connectivity index (χ0) is 21.3. The Morgan fingerprint density at radius 1 is 1.20 bits per heavy atom. The van der Waals surface area contributed by atoms with E-state index in [4.69, 9.17) is 19.0 Å². The number of halogens is 2. The molecule has 30 heavy (non-hydrogen) atoms. The average Bonchev–Trinajstić information content (AvgIpc) is 3.24. The van der Waals surface area contributed by atoms with E-state index in [2.05, 4.69) is 86.1 Å². The molecule has 0 bridgehead atoms. The highest BCUT2D eigenvalue weighted by molar-refractivity contribution is 14.1. The SMILES string of the molecule is Cc1nc([C@H](C)OC2CCCCO2)n(Cc2noc(-c3ccc(I)cc3)c2I)c1C. The molecule has 4 rings (SSSR count). The average molecular weight is 633 g/mol. The van der Waals surface area contributed by atoms with Gasteiger partial charge >= 0.3 is 0 Å². The summed E-state index contributed by atoms with van der Waals surface area (Å²) >= 11 is 4.62. The first-order chi connectivity index (χ1) is 14.4. The molecule has 0 radical (unpaired) electrons. The Morgan fingerprint density at radius 2 is 1.97 bits per heavy atom. The summed E-state index contributed by atoms with van der Waals surface area (Å²) in [6.07, 6.45) is 2.86. The number of ether oxygens (including phenoxy) is 2. The van der Waals surface area contributed by atoms with Gasteiger partial charge in [-0.2, -0.15) is 0 Å². The number of aryl methyl sites for hydroxylation is 1. The maximum absolute atomic E-state index is 6.19. The molecule has 1 saturated heterocycles. The second kappa shape index (κ2) is 9.66. The third-order valence-electron chi connectivity index (χ3n) is 5.46. The lowest BCUT2D eigenvalue weighted by Gasteiger charge is -2.26. The van der Waals surface area contributed by atoms with Crippen LogP contribution in [0.1, 0.15) is 55.2 Å². The molecular weight excluding hydrogens is 608 g/mol. The van der Waals surface area contributed by atoms with Gasteiger partial charge < -0.3 is 18.6 Å². The maximum Gasteiger partial charge on any atom is 0.180 e. The van der Waals surface area contributed by atoms with E-state index in [1.54, 1.807) is 0 Å². The van der Waals surface area contributed by atoms with Gasteiger partial charge in [-0.05, 0) is 97.3 Å². The van der Waals surface area contributed by atoms with Crippen LogP contribution in [-0.4, -0.2) is 27.6 Å². The predicted octanol–water partition coefficient (Wildman–Crippen LogP) is 6.02. The summed E-state index contributed by atoms with van der Waals surface area (Å²) in [5.74, 6) is 1.70. The Balaban J connectivity index is 1.58. The molecule has 160 valence electrons. The summed E-state index contributed by atoms with van der Waals surface area (Å²) in [6, 6.07) is 8.27. The molecule has 3 heterocycles. The van der Waals surface area contributed by atoms with Crippen LogP contribution >= 0.6 is 45.2 Å². The fourth-order valence-electron chi connectivity index (χ4n) is 3.64. The highest BCUT2D eigenvalue weighted by Crippen LogP contribution is 2.31. The highest BCUT2D eigenvalue weighted by atomic mass is 127. The summed E-state index contributed by atoms with van der Waals surface area (Å²) in [6.45, 7) is 7.52. The van der Waals surface area contributed by atoms with Gasteiger partial charge in [0, 0.05) is 21.4 Å². The normalized spacial score (nSPS) is 18.0. The third kappa shape index (κ3) is 4.76. The second-order valence-corrected chi connectivity index (χ2v) is 9.91. The standard InChI is InChI=1S/C22H25I2N3O3/c1-13-14(2)27(22(25-13)15(3)29-19-6-4-5-11-28-19)12-18-20(24)21(30-26-18)16-7-9-17(23)10-8-16/h7-10,15,19H,4-6,11-12H2,1-3H3/t15-,19?/m0/s1. The molecule has 0 saturated carbocycles. The molecule has 3 aromatic rings. The van der Waals surface area contributed by atoms with Gasteiger partial charge in [-0.15, -0.1) is 0 Å². The fraction of sp³-hybridized carbons (Fsp3) is 0.455. The van der Waals surface area contributed by atoms with Crippen LogP contribution in [0.5, 0.6) is 0 Å². The van der Waals surface area contributed by atoms with Gasteiger partial charge in [-0.1, -0.05) is 17.3 Å². The number of hydrogen-bond donors (Lipinski definition) is 0. The van der Waals surface area contributed by atoms with Gasteiger partial charge in [0.05, 0.1) is 15.8 Å². The van der Waals surface area contributed by atoms with Gasteiger partial charge in [0.1, 0.15) is 17.6 Å². The van der Waals surface area contributed by atoms with Crippen molar-refractivity contribution in [2.24, 2.45) is 0 Å². The molecule has 2 atom stereocenters. The van der Waals surface area contributed by atoms with Crippen LogP contribution in [0.3, 0.4) is 0 Å². The molecule has 1 unspecified atom stereocenters. The summed E-state index contributed by atoms with van der Waals surface area (Å²) < 4.78 is 22.1. The molecule has 0 spiro atoms. The second-order valence-electron chi connectivity index (χ2n) is 7.58. The Hall–Kier alpha value is -0.980. The molecular formula is C22H25I2N3O3. The lowest BCUT2D eigenvalue weighted by atomic mass is 10.1. The van der Waals surface area contributed by atoms with Gasteiger partial charge in [0.2, 0.25) is 0 Å². The van der Waals surface area contributed by atoms with Crippen LogP contribution in [0.15, 0.2) is 28.8 Å². The third-order valence-corrected chi connectivity index (χ3v) is 7.29. The summed E-state index contributed by atoms with van der Waals surface area (Å²) in [4.78, 5) is 4.80. The smallest absolute Gasteiger partial charge is 0.180 e. The maximum atomic E-state index is 6.19. The van der Waals surface area contributed by atoms with Gasteiger partial charge in [0.25, 0.3) is 0 Å². The van der Waals surface area contributed by atoms with Crippen molar-refractivity contribution in [1.29, 1.82) is 0 Å². The molecule has 8 heteroatoms. The first-order valence-corrected chi connectivity index (χ1v) is 12.3. The molecule has 0 N–H and O–H groups in total. The topological polar surface area (TPSA) is 62.3 Å². The molecule has 1 fully saturated rings. The van der Waals surface area contributed by atoms with Crippen LogP contribution in [0.2, 0.25) is 0 Å². The molecule has 6 nitrogen and oxygen atoms in total. The van der Waals surface area contributed by atoms with Crippen LogP contribution in [0.4, 0.5) is 0 Å². The minimum absolute atomic E-state index is 0.154. The first kappa shape index (κ1) is 22.2. The van der Waals surface area contributed by atoms with Gasteiger partial charge in [-0.25, -0.2) is 4.98 Å². The number of imidazole rings is 1. The minimum Gasteiger partial charge on any atom is -0.355 e. The van der Waals surface area contributed by atoms with Crippen molar-refractivity contribution in [2.75, 3.05) is 6.61 Å². The molecule has 1 aliphatic rings. The largest absolute Gasteiger partial charge is 0.355 e. The number of benzene rings is 1. The van der Waals surface area contributed by atoms with Crippen LogP contribution in [0, 0.1) is 21.0 Å². The number of hydrogen-bond acceptors (Lipinski definition) is 5. The van der Waals surface area contributed by atoms with Crippen molar-refractivity contribution in [3.63, 3.8) is 0 Å². The monoisotopic (exact) mass is 633 g/mol. The molecule has 2 aromatic heterocycles. The number of nitrogens with zero attached hydrogens (tertiary/aromatic N) is 3. The van der Waals surface area contributed by atoms with Crippen molar-refractivity contribution in [1.82, 2.24) is 14.7 Å². The Kier molecular flexibility index (Phi) is 7.16. The zero-order valence-corrected chi connectivity index (χ0v) is 21.6. The van der Waals surface area contributed by atoms with E-state index in [1.807, 2.05) is 13.8 Å². The molecule has 1 aliphatic heterocycles. The van der Waals surface area contributed by atoms with E-state index < -0.39 is 0 Å². The van der Waals surface area contributed by atoms with E-state index in [9.17, 15) is 0 Å². The highest BCUT2D eigenvalue weighted by Gasteiger charge is 2.25. The van der Waals surface area contributed by atoms with Crippen LogP contribution < -0.4 is 0 Å². The van der Waals surface area contributed by atoms with E-state index in [0.29, 0.717) is 6.54 Å². The van der Waals surface area contributed by atoms with Crippen LogP contribution in [0.25, 0.3) is 11.3 Å². The first-order valence-electron chi connectivity index (χ1n) is 10.1. The van der Waals surface area contributed by atoms with E-state index in [1.165, 1.54) is 3.57 Å². The Labute approximate surface area is 204 Å². The van der Waals surface area contributed by atoms with E-state index in [0.717, 1.165) is 63.7 Å². The lowest BCUT2D eigenvalue weighted by Crippen LogP contribution is -2.25. The van der Waals surface area contributed by atoms with Crippen molar-refractivity contribution in [3.05, 3.63) is 54.3 Å². The predicted molar refractivity (Wildman–Crippen MR) is 131 cm³/mol. The Morgan fingerprint density at radius 3 is 2.67 bits per heavy atom. The van der Waals surface area contributed by atoms with Crippen molar-refractivity contribution < 1.29 is 14.0 Å². The van der Waals surface area contributed by atoms with Gasteiger partial charge in [0.15, 0.2) is 12.1 Å². The van der Waals surface area contributed by atoms with Crippen molar-refractivity contribution in [2.45, 2.75) is 59.0 Å². The summed E-state index contributed by atoms with van der Waals surface area (Å²) in [5, 5.41) is 4.38. The van der Waals surface area contributed by atoms with Crippen molar-refractivity contribution >= 4 is 45.2 Å². The quantitative estimate of drug-likeness (QED) is 0.311. The lowest BCUT2D eigenvalue weighted by molar-refractivity contribution is -0.188. The molecule has 1 aromatic carbocycles. The number of rotatable bonds is 6. The molecule has 0 aliphatic carbocycles. The number of aromatic nitrogens is 3. The van der Waals surface area contributed by atoms with E-state index >= 15 is 0 Å².